The van der Waals surface area contributed by atoms with E-state index in [4.69, 9.17) is 14.2 Å². The number of likely N-dealkylation sites (tertiary alicyclic amines) is 1. The van der Waals surface area contributed by atoms with Gasteiger partial charge in [-0.05, 0) is 50.4 Å². The minimum absolute atomic E-state index is 0.0722. The Morgan fingerprint density at radius 1 is 1.21 bits per heavy atom. The van der Waals surface area contributed by atoms with Crippen molar-refractivity contribution >= 4 is 11.8 Å². The summed E-state index contributed by atoms with van der Waals surface area (Å²) in [5.74, 6) is -0.470. The molecule has 1 aromatic carbocycles. The van der Waals surface area contributed by atoms with Gasteiger partial charge < -0.3 is 39.5 Å². The molecule has 2 aliphatic carbocycles. The van der Waals surface area contributed by atoms with Crippen LogP contribution in [0.2, 0.25) is 0 Å². The molecule has 3 heterocycles. The van der Waals surface area contributed by atoms with Crippen LogP contribution in [-0.2, 0) is 26.2 Å². The molecule has 2 bridgehead atoms. The second-order valence-corrected chi connectivity index (χ2v) is 9.93. The van der Waals surface area contributed by atoms with E-state index >= 15 is 0 Å². The van der Waals surface area contributed by atoms with E-state index in [0.717, 1.165) is 36.9 Å². The van der Waals surface area contributed by atoms with Gasteiger partial charge in [-0.15, -0.1) is 0 Å². The zero-order chi connectivity index (χ0) is 23.2. The molecule has 0 radical (unpaired) electrons. The fourth-order valence-corrected chi connectivity index (χ4v) is 6.88. The predicted molar refractivity (Wildman–Crippen MR) is 110 cm³/mol. The smallest absolute Gasteiger partial charge is 0.335 e. The normalized spacial score (nSPS) is 43.6. The van der Waals surface area contributed by atoms with Crippen LogP contribution in [0.15, 0.2) is 12.1 Å². The Morgan fingerprint density at radius 2 is 2.00 bits per heavy atom. The first-order chi connectivity index (χ1) is 15.7. The quantitative estimate of drug-likeness (QED) is 0.451. The number of aliphatic carboxylic acids is 1. The van der Waals surface area contributed by atoms with E-state index in [-0.39, 0.29) is 17.5 Å². The van der Waals surface area contributed by atoms with E-state index in [1.54, 1.807) is 6.07 Å². The van der Waals surface area contributed by atoms with E-state index < -0.39 is 48.2 Å². The van der Waals surface area contributed by atoms with Crippen LogP contribution in [-0.4, -0.2) is 93.5 Å². The maximum Gasteiger partial charge on any atom is 0.335 e. The molecule has 33 heavy (non-hydrogen) atoms. The van der Waals surface area contributed by atoms with Gasteiger partial charge in [0, 0.05) is 23.4 Å². The number of carbonyl (C=O) groups is 2. The van der Waals surface area contributed by atoms with Crippen molar-refractivity contribution < 1.29 is 44.2 Å². The number of Topliss-reactive ketones (excluding diaryl/α,β-unsaturated/α-hetero) is 1. The van der Waals surface area contributed by atoms with Crippen LogP contribution in [0, 0.1) is 5.92 Å². The summed E-state index contributed by atoms with van der Waals surface area (Å²) < 4.78 is 17.5. The van der Waals surface area contributed by atoms with E-state index in [1.807, 2.05) is 6.07 Å². The minimum atomic E-state index is -1.80. The highest BCUT2D eigenvalue weighted by Gasteiger charge is 2.65. The number of ketones is 1. The first kappa shape index (κ1) is 21.3. The summed E-state index contributed by atoms with van der Waals surface area (Å²) in [6.45, 7) is 0.854. The third-order valence-corrected chi connectivity index (χ3v) is 8.43. The highest BCUT2D eigenvalue weighted by atomic mass is 16.7. The molecule has 1 aromatic rings. The van der Waals surface area contributed by atoms with Crippen LogP contribution in [0.25, 0.3) is 0 Å². The lowest BCUT2D eigenvalue weighted by Crippen LogP contribution is -2.65. The number of aliphatic hydroxyl groups excluding tert-OH is 3. The minimum Gasteiger partial charge on any atom is -0.479 e. The summed E-state index contributed by atoms with van der Waals surface area (Å²) in [5.41, 5.74) is 1.67. The molecule has 3 fully saturated rings. The van der Waals surface area contributed by atoms with Crippen molar-refractivity contribution in [2.24, 2.45) is 5.92 Å². The standard InChI is InChI=1S/C23H27NO9/c1-24-7-6-23-10-3-4-12(25)20(23)32-18-13(5-2-9(14(18)23)8-11(10)24)31-22-17(28)15(26)16(27)19(33-22)21(29)30/h2,5,10-11,15-17,19-20,22,26-28H,3-4,6-8H2,1H3,(H,29,30). The summed E-state index contributed by atoms with van der Waals surface area (Å²) in [6, 6.07) is 3.93. The van der Waals surface area contributed by atoms with Crippen LogP contribution in [0.4, 0.5) is 0 Å². The molecule has 2 saturated heterocycles. The number of carboxylic acid groups (broad SMARTS) is 1. The van der Waals surface area contributed by atoms with Gasteiger partial charge >= 0.3 is 5.97 Å². The van der Waals surface area contributed by atoms with Crippen molar-refractivity contribution in [2.75, 3.05) is 13.6 Å². The van der Waals surface area contributed by atoms with Crippen LogP contribution in [0.3, 0.4) is 0 Å². The zero-order valence-corrected chi connectivity index (χ0v) is 18.1. The Bertz CT molecular complexity index is 1030. The Labute approximate surface area is 189 Å². The Balaban J connectivity index is 1.41. The number of likely N-dealkylation sites (N-methyl/N-ethyl adjacent to an activating group) is 1. The molecule has 3 aliphatic heterocycles. The van der Waals surface area contributed by atoms with Crippen molar-refractivity contribution in [1.82, 2.24) is 4.90 Å². The largest absolute Gasteiger partial charge is 0.479 e. The van der Waals surface area contributed by atoms with Gasteiger partial charge in [-0.3, -0.25) is 4.79 Å². The maximum absolute atomic E-state index is 13.0. The molecule has 0 aromatic heterocycles. The van der Waals surface area contributed by atoms with Gasteiger partial charge in [-0.2, -0.15) is 0 Å². The number of hydrogen-bond acceptors (Lipinski definition) is 9. The van der Waals surface area contributed by atoms with Crippen molar-refractivity contribution in [3.05, 3.63) is 23.3 Å². The fraction of sp³-hybridized carbons (Fsp3) is 0.652. The molecule has 10 heteroatoms. The number of carboxylic acids is 1. The number of hydrogen-bond donors (Lipinski definition) is 4. The first-order valence-corrected chi connectivity index (χ1v) is 11.4. The molecule has 178 valence electrons. The van der Waals surface area contributed by atoms with Crippen LogP contribution in [0.1, 0.15) is 30.4 Å². The summed E-state index contributed by atoms with van der Waals surface area (Å²) in [6.07, 6.45) is -6.23. The molecular weight excluding hydrogens is 434 g/mol. The number of carbonyl (C=O) groups excluding carboxylic acids is 1. The second kappa shape index (κ2) is 7.13. The monoisotopic (exact) mass is 461 g/mol. The number of benzene rings is 1. The van der Waals surface area contributed by atoms with Crippen LogP contribution >= 0.6 is 0 Å². The van der Waals surface area contributed by atoms with Crippen molar-refractivity contribution in [1.29, 1.82) is 0 Å². The van der Waals surface area contributed by atoms with Gasteiger partial charge in [0.05, 0.1) is 0 Å². The molecule has 10 nitrogen and oxygen atoms in total. The number of rotatable bonds is 3. The van der Waals surface area contributed by atoms with Crippen molar-refractivity contribution in [2.45, 2.75) is 73.9 Å². The average Bonchev–Trinajstić information content (AvgIpc) is 3.14. The topological polar surface area (TPSA) is 146 Å². The van der Waals surface area contributed by atoms with Gasteiger partial charge in [0.2, 0.25) is 6.29 Å². The Hall–Kier alpha value is -2.24. The highest BCUT2D eigenvalue weighted by Crippen LogP contribution is 2.63. The number of aliphatic hydroxyl groups is 3. The predicted octanol–water partition coefficient (Wildman–Crippen LogP) is -0.804. The van der Waals surface area contributed by atoms with Crippen LogP contribution < -0.4 is 9.47 Å². The van der Waals surface area contributed by atoms with Crippen LogP contribution in [0.5, 0.6) is 11.5 Å². The van der Waals surface area contributed by atoms with Crippen molar-refractivity contribution in [3.63, 3.8) is 0 Å². The van der Waals surface area contributed by atoms with Gasteiger partial charge in [-0.25, -0.2) is 4.79 Å². The van der Waals surface area contributed by atoms with Gasteiger partial charge in [0.1, 0.15) is 18.3 Å². The highest BCUT2D eigenvalue weighted by molar-refractivity contribution is 5.89. The molecule has 9 atom stereocenters. The first-order valence-electron chi connectivity index (χ1n) is 11.4. The van der Waals surface area contributed by atoms with Gasteiger partial charge in [-0.1, -0.05) is 6.07 Å². The van der Waals surface area contributed by atoms with E-state index in [9.17, 15) is 30.0 Å². The third-order valence-electron chi connectivity index (χ3n) is 8.43. The fourth-order valence-electron chi connectivity index (χ4n) is 6.88. The molecule has 6 rings (SSSR count). The molecule has 1 spiro atoms. The maximum atomic E-state index is 13.0. The lowest BCUT2D eigenvalue weighted by molar-refractivity contribution is -0.271. The molecule has 4 N–H and O–H groups in total. The number of piperidine rings is 1. The Morgan fingerprint density at radius 3 is 2.76 bits per heavy atom. The molecule has 0 amide bonds. The number of nitrogens with zero attached hydrogens (tertiary/aromatic N) is 1. The van der Waals surface area contributed by atoms with Crippen molar-refractivity contribution in [3.8, 4) is 11.5 Å². The molecule has 9 unspecified atom stereocenters. The molecule has 1 saturated carbocycles. The molecular formula is C23H27NO9. The third kappa shape index (κ3) is 2.72. The summed E-state index contributed by atoms with van der Waals surface area (Å²) in [5, 5.41) is 39.8. The SMILES string of the molecule is CN1CCC23c4c5ccc(OC6OC(C(=O)O)C(O)C(O)C6O)c4OC2C(=O)CCC3C1C5. The molecule has 5 aliphatic rings. The lowest BCUT2D eigenvalue weighted by atomic mass is 9.52. The lowest BCUT2D eigenvalue weighted by Gasteiger charge is -2.57. The summed E-state index contributed by atoms with van der Waals surface area (Å²) >= 11 is 0. The van der Waals surface area contributed by atoms with E-state index in [1.165, 1.54) is 0 Å². The second-order valence-electron chi connectivity index (χ2n) is 9.93. The summed E-state index contributed by atoms with van der Waals surface area (Å²) in [4.78, 5) is 26.8. The van der Waals surface area contributed by atoms with Gasteiger partial charge in [0.25, 0.3) is 0 Å². The average molecular weight is 461 g/mol. The number of ether oxygens (including phenoxy) is 3. The van der Waals surface area contributed by atoms with Gasteiger partial charge in [0.15, 0.2) is 29.5 Å². The summed E-state index contributed by atoms with van der Waals surface area (Å²) in [7, 11) is 2.13. The zero-order valence-electron chi connectivity index (χ0n) is 18.1. The van der Waals surface area contributed by atoms with E-state index in [0.29, 0.717) is 18.2 Å². The Kier molecular flexibility index (Phi) is 4.60. The van der Waals surface area contributed by atoms with E-state index in [2.05, 4.69) is 11.9 Å².